The number of likely N-dealkylation sites (tertiary alicyclic amines) is 1. The Bertz CT molecular complexity index is 475. The molecule has 6 nitrogen and oxygen atoms in total. The summed E-state index contributed by atoms with van der Waals surface area (Å²) in [5.41, 5.74) is 0.606. The van der Waals surface area contributed by atoms with Crippen molar-refractivity contribution in [3.63, 3.8) is 0 Å². The van der Waals surface area contributed by atoms with E-state index < -0.39 is 0 Å². The first kappa shape index (κ1) is 14.3. The minimum atomic E-state index is 0.0691. The number of carbonyl (C=O) groups excluding carboxylic acids is 1. The fourth-order valence-corrected chi connectivity index (χ4v) is 2.88. The van der Waals surface area contributed by atoms with Crippen LogP contribution >= 0.6 is 0 Å². The highest BCUT2D eigenvalue weighted by molar-refractivity contribution is 5.93. The predicted octanol–water partition coefficient (Wildman–Crippen LogP) is 0.854. The summed E-state index contributed by atoms with van der Waals surface area (Å²) in [7, 11) is 2.12. The van der Waals surface area contributed by atoms with Crippen LogP contribution in [-0.4, -0.2) is 72.0 Å². The molecule has 2 fully saturated rings. The number of rotatable bonds is 2. The van der Waals surface area contributed by atoms with Crippen molar-refractivity contribution in [2.45, 2.75) is 19.3 Å². The lowest BCUT2D eigenvalue weighted by atomic mass is 10.1. The number of likely N-dealkylation sites (N-methyl/N-ethyl adjacent to an activating group) is 1. The van der Waals surface area contributed by atoms with Gasteiger partial charge in [-0.25, -0.2) is 9.97 Å². The molecule has 21 heavy (non-hydrogen) atoms. The van der Waals surface area contributed by atoms with Gasteiger partial charge in [-0.2, -0.15) is 0 Å². The Morgan fingerprint density at radius 2 is 1.57 bits per heavy atom. The summed E-state index contributed by atoms with van der Waals surface area (Å²) >= 11 is 0. The molecule has 114 valence electrons. The second-order valence-corrected chi connectivity index (χ2v) is 5.91. The minimum Gasteiger partial charge on any atom is -0.339 e. The van der Waals surface area contributed by atoms with Gasteiger partial charge in [0.2, 0.25) is 5.95 Å². The number of nitrogens with zero attached hydrogens (tertiary/aromatic N) is 5. The molecule has 0 spiro atoms. The number of hydrogen-bond donors (Lipinski definition) is 0. The third-order valence-electron chi connectivity index (χ3n) is 4.31. The molecule has 0 N–H and O–H groups in total. The van der Waals surface area contributed by atoms with Gasteiger partial charge in [0.25, 0.3) is 5.91 Å². The zero-order valence-electron chi connectivity index (χ0n) is 12.7. The average Bonchev–Trinajstić information content (AvgIpc) is 2.56. The van der Waals surface area contributed by atoms with Gasteiger partial charge in [0.15, 0.2) is 0 Å². The molecule has 6 heteroatoms. The van der Waals surface area contributed by atoms with E-state index in [2.05, 4.69) is 26.8 Å². The van der Waals surface area contributed by atoms with Crippen molar-refractivity contribution in [1.29, 1.82) is 0 Å². The molecule has 0 saturated carbocycles. The first-order chi connectivity index (χ1) is 10.2. The lowest BCUT2D eigenvalue weighted by molar-refractivity contribution is 0.0723. The number of carbonyl (C=O) groups is 1. The Labute approximate surface area is 125 Å². The Balaban J connectivity index is 1.64. The molecule has 1 aromatic heterocycles. The highest BCUT2D eigenvalue weighted by Crippen LogP contribution is 2.14. The van der Waals surface area contributed by atoms with Gasteiger partial charge in [0, 0.05) is 51.7 Å². The van der Waals surface area contributed by atoms with Gasteiger partial charge >= 0.3 is 0 Å². The van der Waals surface area contributed by atoms with Gasteiger partial charge < -0.3 is 14.7 Å². The highest BCUT2D eigenvalue weighted by atomic mass is 16.2. The van der Waals surface area contributed by atoms with Crippen molar-refractivity contribution in [2.24, 2.45) is 0 Å². The number of piperidine rings is 1. The van der Waals surface area contributed by atoms with Crippen LogP contribution in [-0.2, 0) is 0 Å². The molecule has 0 bridgehead atoms. The van der Waals surface area contributed by atoms with E-state index in [1.807, 2.05) is 4.90 Å². The smallest absolute Gasteiger partial charge is 0.256 e. The van der Waals surface area contributed by atoms with Gasteiger partial charge in [-0.05, 0) is 26.3 Å². The maximum atomic E-state index is 12.4. The summed E-state index contributed by atoms with van der Waals surface area (Å²) in [6.07, 6.45) is 6.79. The lowest BCUT2D eigenvalue weighted by Crippen LogP contribution is -2.45. The van der Waals surface area contributed by atoms with Crippen molar-refractivity contribution in [3.05, 3.63) is 18.0 Å². The molecular formula is C15H23N5O. The van der Waals surface area contributed by atoms with Crippen LogP contribution in [0.1, 0.15) is 29.6 Å². The van der Waals surface area contributed by atoms with E-state index in [1.54, 1.807) is 12.4 Å². The third-order valence-corrected chi connectivity index (χ3v) is 4.31. The molecule has 3 rings (SSSR count). The van der Waals surface area contributed by atoms with Gasteiger partial charge in [0.05, 0.1) is 5.56 Å². The normalized spacial score (nSPS) is 20.6. The molecule has 1 amide bonds. The molecule has 0 radical (unpaired) electrons. The Morgan fingerprint density at radius 1 is 0.952 bits per heavy atom. The quantitative estimate of drug-likeness (QED) is 0.808. The van der Waals surface area contributed by atoms with E-state index in [9.17, 15) is 4.79 Å². The first-order valence-electron chi connectivity index (χ1n) is 7.79. The number of piperazine rings is 1. The number of amides is 1. The van der Waals surface area contributed by atoms with Crippen LogP contribution in [0.25, 0.3) is 0 Å². The molecular weight excluding hydrogens is 266 g/mol. The largest absolute Gasteiger partial charge is 0.339 e. The van der Waals surface area contributed by atoms with E-state index in [0.29, 0.717) is 5.56 Å². The zero-order valence-corrected chi connectivity index (χ0v) is 12.7. The third kappa shape index (κ3) is 3.32. The van der Waals surface area contributed by atoms with Gasteiger partial charge in [-0.3, -0.25) is 4.79 Å². The monoisotopic (exact) mass is 289 g/mol. The van der Waals surface area contributed by atoms with Crippen LogP contribution in [0, 0.1) is 0 Å². The maximum absolute atomic E-state index is 12.4. The van der Waals surface area contributed by atoms with Crippen LogP contribution in [0.5, 0.6) is 0 Å². The number of aromatic nitrogens is 2. The highest BCUT2D eigenvalue weighted by Gasteiger charge is 2.20. The maximum Gasteiger partial charge on any atom is 0.256 e. The van der Waals surface area contributed by atoms with Crippen molar-refractivity contribution < 1.29 is 4.79 Å². The van der Waals surface area contributed by atoms with E-state index >= 15 is 0 Å². The second-order valence-electron chi connectivity index (χ2n) is 5.91. The molecule has 2 aliphatic rings. The van der Waals surface area contributed by atoms with Crippen molar-refractivity contribution in [3.8, 4) is 0 Å². The SMILES string of the molecule is CN1CCN(c2ncc(C(=O)N3CCCCC3)cn2)CC1. The fraction of sp³-hybridized carbons (Fsp3) is 0.667. The lowest BCUT2D eigenvalue weighted by Gasteiger charge is -2.32. The van der Waals surface area contributed by atoms with E-state index in [0.717, 1.165) is 58.1 Å². The first-order valence-corrected chi connectivity index (χ1v) is 7.79. The molecule has 1 aromatic rings. The van der Waals surface area contributed by atoms with E-state index in [4.69, 9.17) is 0 Å². The van der Waals surface area contributed by atoms with Gasteiger partial charge in [-0.15, -0.1) is 0 Å². The average molecular weight is 289 g/mol. The summed E-state index contributed by atoms with van der Waals surface area (Å²) in [4.78, 5) is 27.5. The standard InChI is InChI=1S/C15H23N5O/c1-18-7-9-20(10-8-18)15-16-11-13(12-17-15)14(21)19-5-3-2-4-6-19/h11-12H,2-10H2,1H3. The summed E-state index contributed by atoms with van der Waals surface area (Å²) in [5.74, 6) is 0.804. The topological polar surface area (TPSA) is 52.6 Å². The Hall–Kier alpha value is -1.69. The summed E-state index contributed by atoms with van der Waals surface area (Å²) in [6.45, 7) is 5.65. The Kier molecular flexibility index (Phi) is 4.34. The zero-order chi connectivity index (χ0) is 14.7. The van der Waals surface area contributed by atoms with E-state index in [-0.39, 0.29) is 5.91 Å². The van der Waals surface area contributed by atoms with Crippen LogP contribution in [0.3, 0.4) is 0 Å². The molecule has 2 saturated heterocycles. The van der Waals surface area contributed by atoms with Crippen molar-refractivity contribution >= 4 is 11.9 Å². The van der Waals surface area contributed by atoms with Crippen molar-refractivity contribution in [2.75, 3.05) is 51.2 Å². The number of hydrogen-bond acceptors (Lipinski definition) is 5. The molecule has 0 unspecified atom stereocenters. The fourth-order valence-electron chi connectivity index (χ4n) is 2.88. The molecule has 2 aliphatic heterocycles. The predicted molar refractivity (Wildman–Crippen MR) is 81.5 cm³/mol. The second kappa shape index (κ2) is 6.39. The van der Waals surface area contributed by atoms with Crippen molar-refractivity contribution in [1.82, 2.24) is 19.8 Å². The van der Waals surface area contributed by atoms with Gasteiger partial charge in [0.1, 0.15) is 0 Å². The minimum absolute atomic E-state index is 0.0691. The van der Waals surface area contributed by atoms with Crippen LogP contribution < -0.4 is 4.90 Å². The summed E-state index contributed by atoms with van der Waals surface area (Å²) in [5, 5.41) is 0. The van der Waals surface area contributed by atoms with Gasteiger partial charge in [-0.1, -0.05) is 0 Å². The summed E-state index contributed by atoms with van der Waals surface area (Å²) in [6, 6.07) is 0. The summed E-state index contributed by atoms with van der Waals surface area (Å²) < 4.78 is 0. The molecule has 3 heterocycles. The number of anilines is 1. The molecule has 0 atom stereocenters. The van der Waals surface area contributed by atoms with Crippen LogP contribution in [0.15, 0.2) is 12.4 Å². The van der Waals surface area contributed by atoms with Crippen LogP contribution in [0.2, 0.25) is 0 Å². The van der Waals surface area contributed by atoms with E-state index in [1.165, 1.54) is 6.42 Å². The molecule has 0 aliphatic carbocycles. The van der Waals surface area contributed by atoms with Crippen LogP contribution in [0.4, 0.5) is 5.95 Å². The molecule has 0 aromatic carbocycles. The Morgan fingerprint density at radius 3 is 2.19 bits per heavy atom.